The van der Waals surface area contributed by atoms with Crippen molar-refractivity contribution in [1.29, 1.82) is 0 Å². The van der Waals surface area contributed by atoms with E-state index in [1.54, 1.807) is 24.3 Å². The lowest BCUT2D eigenvalue weighted by Gasteiger charge is -2.12. The average Bonchev–Trinajstić information content (AvgIpc) is 2.92. The lowest BCUT2D eigenvalue weighted by Crippen LogP contribution is -2.35. The number of nitrogens with one attached hydrogen (secondary N) is 1. The molecule has 0 aromatic heterocycles. The number of benzene rings is 1. The third-order valence-electron chi connectivity index (χ3n) is 3.08. The maximum atomic E-state index is 11.6. The van der Waals surface area contributed by atoms with Crippen molar-refractivity contribution >= 4 is 23.5 Å². The molecule has 1 aliphatic heterocycles. The van der Waals surface area contributed by atoms with Gasteiger partial charge < -0.3 is 19.9 Å². The number of amides is 1. The van der Waals surface area contributed by atoms with E-state index >= 15 is 0 Å². The van der Waals surface area contributed by atoms with Gasteiger partial charge in [-0.1, -0.05) is 17.7 Å². The van der Waals surface area contributed by atoms with Crippen LogP contribution in [0.2, 0.25) is 5.02 Å². The maximum absolute atomic E-state index is 11.6. The Kier molecular flexibility index (Phi) is 5.41. The van der Waals surface area contributed by atoms with Crippen molar-refractivity contribution in [1.82, 2.24) is 5.32 Å². The highest BCUT2D eigenvalue weighted by Crippen LogP contribution is 2.19. The number of halogens is 1. The number of carboxylic acids is 1. The molecule has 0 radical (unpaired) electrons. The lowest BCUT2D eigenvalue weighted by molar-refractivity contribution is -0.149. The van der Waals surface area contributed by atoms with Crippen LogP contribution in [-0.4, -0.2) is 42.3 Å². The molecule has 1 aromatic rings. The lowest BCUT2D eigenvalue weighted by atomic mass is 10.2. The number of hydrogen-bond acceptors (Lipinski definition) is 4. The van der Waals surface area contributed by atoms with E-state index in [-0.39, 0.29) is 25.2 Å². The second-order valence-corrected chi connectivity index (χ2v) is 5.15. The van der Waals surface area contributed by atoms with Gasteiger partial charge in [0.1, 0.15) is 5.75 Å². The van der Waals surface area contributed by atoms with E-state index in [0.717, 1.165) is 0 Å². The first-order valence-corrected chi connectivity index (χ1v) is 6.95. The van der Waals surface area contributed by atoms with Crippen molar-refractivity contribution in [3.63, 3.8) is 0 Å². The molecule has 2 N–H and O–H groups in total. The summed E-state index contributed by atoms with van der Waals surface area (Å²) in [6, 6.07) is 6.77. The minimum Gasteiger partial charge on any atom is -0.484 e. The van der Waals surface area contributed by atoms with Crippen LogP contribution in [0, 0.1) is 0 Å². The summed E-state index contributed by atoms with van der Waals surface area (Å²) in [5.41, 5.74) is 0. The largest absolute Gasteiger partial charge is 0.484 e. The van der Waals surface area contributed by atoms with Gasteiger partial charge in [0.15, 0.2) is 12.7 Å². The SMILES string of the molecule is O=C(COc1cccc(Cl)c1)NCC1CCC(C(=O)O)O1. The first-order valence-electron chi connectivity index (χ1n) is 6.58. The van der Waals surface area contributed by atoms with Crippen molar-refractivity contribution in [3.8, 4) is 5.75 Å². The molecule has 1 fully saturated rings. The topological polar surface area (TPSA) is 84.9 Å². The van der Waals surface area contributed by atoms with E-state index in [2.05, 4.69) is 5.32 Å². The molecule has 2 atom stereocenters. The minimum absolute atomic E-state index is 0.130. The fourth-order valence-electron chi connectivity index (χ4n) is 2.02. The quantitative estimate of drug-likeness (QED) is 0.830. The van der Waals surface area contributed by atoms with Gasteiger partial charge in [-0.25, -0.2) is 4.79 Å². The molecule has 114 valence electrons. The van der Waals surface area contributed by atoms with Crippen molar-refractivity contribution in [2.75, 3.05) is 13.2 Å². The van der Waals surface area contributed by atoms with Crippen molar-refractivity contribution < 1.29 is 24.2 Å². The molecule has 1 aliphatic rings. The third-order valence-corrected chi connectivity index (χ3v) is 3.31. The van der Waals surface area contributed by atoms with Crippen LogP contribution >= 0.6 is 11.6 Å². The molecule has 2 unspecified atom stereocenters. The van der Waals surface area contributed by atoms with Crippen LogP contribution in [0.15, 0.2) is 24.3 Å². The van der Waals surface area contributed by atoms with E-state index in [1.165, 1.54) is 0 Å². The van der Waals surface area contributed by atoms with Gasteiger partial charge in [-0.15, -0.1) is 0 Å². The second kappa shape index (κ2) is 7.28. The van der Waals surface area contributed by atoms with Gasteiger partial charge in [0, 0.05) is 11.6 Å². The summed E-state index contributed by atoms with van der Waals surface area (Å²) >= 11 is 5.80. The Hall–Kier alpha value is -1.79. The van der Waals surface area contributed by atoms with Gasteiger partial charge in [0.05, 0.1) is 6.10 Å². The molecule has 0 spiro atoms. The van der Waals surface area contributed by atoms with Crippen LogP contribution < -0.4 is 10.1 Å². The third kappa shape index (κ3) is 4.91. The minimum atomic E-state index is -0.965. The monoisotopic (exact) mass is 313 g/mol. The Morgan fingerprint density at radius 3 is 2.90 bits per heavy atom. The smallest absolute Gasteiger partial charge is 0.332 e. The molecule has 21 heavy (non-hydrogen) atoms. The summed E-state index contributed by atoms with van der Waals surface area (Å²) in [6.07, 6.45) is 0.0530. The number of carbonyl (C=O) groups excluding carboxylic acids is 1. The van der Waals surface area contributed by atoms with E-state index in [9.17, 15) is 9.59 Å². The van der Waals surface area contributed by atoms with Gasteiger partial charge in [-0.2, -0.15) is 0 Å². The number of rotatable bonds is 6. The molecule has 1 aromatic carbocycles. The highest BCUT2D eigenvalue weighted by molar-refractivity contribution is 6.30. The molecular weight excluding hydrogens is 298 g/mol. The predicted octanol–water partition coefficient (Wildman–Crippen LogP) is 1.47. The summed E-state index contributed by atoms with van der Waals surface area (Å²) in [7, 11) is 0. The Morgan fingerprint density at radius 1 is 1.43 bits per heavy atom. The second-order valence-electron chi connectivity index (χ2n) is 4.71. The van der Waals surface area contributed by atoms with Gasteiger partial charge in [0.2, 0.25) is 0 Å². The van der Waals surface area contributed by atoms with E-state index in [4.69, 9.17) is 26.2 Å². The normalized spacial score (nSPS) is 21.0. The molecule has 1 saturated heterocycles. The van der Waals surface area contributed by atoms with Crippen molar-refractivity contribution in [3.05, 3.63) is 29.3 Å². The molecule has 2 rings (SSSR count). The Morgan fingerprint density at radius 2 is 2.24 bits per heavy atom. The van der Waals surface area contributed by atoms with Crippen LogP contribution in [0.5, 0.6) is 5.75 Å². The number of hydrogen-bond donors (Lipinski definition) is 2. The zero-order chi connectivity index (χ0) is 15.2. The molecular formula is C14H16ClNO5. The molecule has 0 saturated carbocycles. The number of ether oxygens (including phenoxy) is 2. The number of carboxylic acid groups (broad SMARTS) is 1. The van der Waals surface area contributed by atoms with Crippen LogP contribution in [-0.2, 0) is 14.3 Å². The van der Waals surface area contributed by atoms with Gasteiger partial charge in [-0.3, -0.25) is 4.79 Å². The fourth-order valence-corrected chi connectivity index (χ4v) is 2.20. The van der Waals surface area contributed by atoms with E-state index in [1.807, 2.05) is 0 Å². The van der Waals surface area contributed by atoms with Crippen LogP contribution in [0.4, 0.5) is 0 Å². The standard InChI is InChI=1S/C14H16ClNO5/c15-9-2-1-3-10(6-9)20-8-13(17)16-7-11-4-5-12(21-11)14(18)19/h1-3,6,11-12H,4-5,7-8H2,(H,16,17)(H,18,19). The summed E-state index contributed by atoms with van der Waals surface area (Å²) in [6.45, 7) is 0.150. The molecule has 7 heteroatoms. The first-order chi connectivity index (χ1) is 10.0. The van der Waals surface area contributed by atoms with Gasteiger partial charge in [-0.05, 0) is 31.0 Å². The fraction of sp³-hybridized carbons (Fsp3) is 0.429. The molecule has 0 bridgehead atoms. The first kappa shape index (κ1) is 15.6. The number of carbonyl (C=O) groups is 2. The summed E-state index contributed by atoms with van der Waals surface area (Å²) < 4.78 is 10.6. The summed E-state index contributed by atoms with van der Waals surface area (Å²) in [5.74, 6) is -0.744. The Bertz CT molecular complexity index is 522. The predicted molar refractivity (Wildman–Crippen MR) is 75.5 cm³/mol. The van der Waals surface area contributed by atoms with Crippen molar-refractivity contribution in [2.24, 2.45) is 0 Å². The Balaban J connectivity index is 1.67. The van der Waals surface area contributed by atoms with E-state index < -0.39 is 12.1 Å². The summed E-state index contributed by atoms with van der Waals surface area (Å²) in [4.78, 5) is 22.4. The molecule has 0 aliphatic carbocycles. The zero-order valence-electron chi connectivity index (χ0n) is 11.3. The van der Waals surface area contributed by atoms with Crippen molar-refractivity contribution in [2.45, 2.75) is 25.0 Å². The summed E-state index contributed by atoms with van der Waals surface area (Å²) in [5, 5.41) is 12.0. The van der Waals surface area contributed by atoms with E-state index in [0.29, 0.717) is 23.6 Å². The van der Waals surface area contributed by atoms with Crippen LogP contribution in [0.1, 0.15) is 12.8 Å². The van der Waals surface area contributed by atoms with Crippen LogP contribution in [0.3, 0.4) is 0 Å². The average molecular weight is 314 g/mol. The molecule has 1 heterocycles. The zero-order valence-corrected chi connectivity index (χ0v) is 12.0. The van der Waals surface area contributed by atoms with Crippen LogP contribution in [0.25, 0.3) is 0 Å². The number of aliphatic carboxylic acids is 1. The highest BCUT2D eigenvalue weighted by Gasteiger charge is 2.30. The van der Waals surface area contributed by atoms with Gasteiger partial charge in [0.25, 0.3) is 5.91 Å². The molecule has 1 amide bonds. The molecule has 6 nitrogen and oxygen atoms in total. The highest BCUT2D eigenvalue weighted by atomic mass is 35.5. The Labute approximate surface area is 127 Å². The maximum Gasteiger partial charge on any atom is 0.332 e. The van der Waals surface area contributed by atoms with Gasteiger partial charge >= 0.3 is 5.97 Å².